The molecule has 3 amide bonds. The first-order valence-electron chi connectivity index (χ1n) is 12.1. The molecule has 3 aromatic rings. The molecule has 1 aromatic heterocycles. The van der Waals surface area contributed by atoms with E-state index in [9.17, 15) is 40.7 Å². The summed E-state index contributed by atoms with van der Waals surface area (Å²) in [6.45, 7) is 4.23. The Morgan fingerprint density at radius 2 is 1.32 bits per heavy atom. The number of likely N-dealkylation sites (N-methyl/N-ethyl adjacent to an activating group) is 1. The normalized spacial score (nSPS) is 14.1. The van der Waals surface area contributed by atoms with Crippen LogP contribution in [0.2, 0.25) is 0 Å². The maximum Gasteiger partial charge on any atom is 0.416 e. The van der Waals surface area contributed by atoms with Crippen molar-refractivity contribution in [3.8, 4) is 11.1 Å². The molecule has 12 heteroatoms. The highest BCUT2D eigenvalue weighted by atomic mass is 19.4. The number of aromatic nitrogens is 1. The molecule has 0 atom stereocenters. The first-order chi connectivity index (χ1) is 18.9. The lowest BCUT2D eigenvalue weighted by Gasteiger charge is -2.32. The molecule has 2 aromatic carbocycles. The number of benzene rings is 2. The summed E-state index contributed by atoms with van der Waals surface area (Å²) in [6, 6.07) is 9.46. The highest BCUT2D eigenvalue weighted by Crippen LogP contribution is 2.41. The van der Waals surface area contributed by atoms with Crippen LogP contribution in [-0.2, 0) is 32.2 Å². The standard InChI is InChI=1S/C29H23F6N3O3/c1-16-7-5-6-8-20(16)21-14-23(38-24(39)9-10-25(38)40)36-15-22(21)37(4)26(41)27(2,3)17-11-18(28(30,31)32)13-19(12-17)29(33,34)35/h5-15H,1-4H3. The lowest BCUT2D eigenvalue weighted by molar-refractivity contribution is -0.143. The van der Waals surface area contributed by atoms with Crippen molar-refractivity contribution in [3.63, 3.8) is 0 Å². The van der Waals surface area contributed by atoms with Crippen LogP contribution < -0.4 is 9.80 Å². The van der Waals surface area contributed by atoms with Crippen molar-refractivity contribution in [2.75, 3.05) is 16.8 Å². The SMILES string of the molecule is Cc1ccccc1-c1cc(N2C(=O)C=CC2=O)ncc1N(C)C(=O)C(C)(C)c1cc(C(F)(F)F)cc(C(F)(F)F)c1. The van der Waals surface area contributed by atoms with Gasteiger partial charge in [-0.1, -0.05) is 24.3 Å². The van der Waals surface area contributed by atoms with E-state index >= 15 is 0 Å². The molecule has 41 heavy (non-hydrogen) atoms. The second kappa shape index (κ2) is 10.2. The summed E-state index contributed by atoms with van der Waals surface area (Å²) in [6.07, 6.45) is -6.80. The third-order valence-electron chi connectivity index (χ3n) is 6.85. The third-order valence-corrected chi connectivity index (χ3v) is 6.85. The van der Waals surface area contributed by atoms with Crippen molar-refractivity contribution in [3.05, 3.63) is 89.1 Å². The van der Waals surface area contributed by atoms with E-state index in [1.165, 1.54) is 33.2 Å². The molecule has 0 bridgehead atoms. The molecule has 0 N–H and O–H groups in total. The molecule has 0 spiro atoms. The van der Waals surface area contributed by atoms with Crippen LogP contribution in [-0.4, -0.2) is 29.8 Å². The number of carbonyl (C=O) groups excluding carboxylic acids is 3. The Morgan fingerprint density at radius 3 is 1.83 bits per heavy atom. The van der Waals surface area contributed by atoms with E-state index in [0.29, 0.717) is 23.3 Å². The second-order valence-electron chi connectivity index (χ2n) is 10.0. The molecule has 6 nitrogen and oxygen atoms in total. The largest absolute Gasteiger partial charge is 0.416 e. The molecule has 0 saturated carbocycles. The minimum atomic E-state index is -5.09. The number of anilines is 2. The predicted molar refractivity (Wildman–Crippen MR) is 139 cm³/mol. The van der Waals surface area contributed by atoms with Crippen LogP contribution in [0.4, 0.5) is 37.8 Å². The van der Waals surface area contributed by atoms with E-state index in [1.54, 1.807) is 31.2 Å². The van der Waals surface area contributed by atoms with Crippen molar-refractivity contribution in [2.24, 2.45) is 0 Å². The number of imide groups is 1. The summed E-state index contributed by atoms with van der Waals surface area (Å²) in [5, 5.41) is 0. The average molecular weight is 576 g/mol. The highest BCUT2D eigenvalue weighted by Gasteiger charge is 2.41. The van der Waals surface area contributed by atoms with Crippen molar-refractivity contribution in [1.82, 2.24) is 4.98 Å². The minimum Gasteiger partial charge on any atom is -0.313 e. The summed E-state index contributed by atoms with van der Waals surface area (Å²) in [5.41, 5.74) is -3.58. The fraction of sp³-hybridized carbons (Fsp3) is 0.241. The fourth-order valence-corrected chi connectivity index (χ4v) is 4.51. The Morgan fingerprint density at radius 1 is 0.805 bits per heavy atom. The van der Waals surface area contributed by atoms with Gasteiger partial charge in [-0.3, -0.25) is 14.4 Å². The van der Waals surface area contributed by atoms with Gasteiger partial charge in [-0.05, 0) is 61.7 Å². The van der Waals surface area contributed by atoms with Crippen LogP contribution in [0.15, 0.2) is 66.9 Å². The van der Waals surface area contributed by atoms with Gasteiger partial charge in [0.25, 0.3) is 11.8 Å². The first kappa shape index (κ1) is 29.5. The number of halogens is 6. The van der Waals surface area contributed by atoms with E-state index in [2.05, 4.69) is 4.98 Å². The smallest absolute Gasteiger partial charge is 0.313 e. The van der Waals surface area contributed by atoms with Crippen LogP contribution in [0.1, 0.15) is 36.1 Å². The molecule has 214 valence electrons. The van der Waals surface area contributed by atoms with Gasteiger partial charge in [0, 0.05) is 24.8 Å². The Balaban J connectivity index is 1.84. The van der Waals surface area contributed by atoms with Gasteiger partial charge in [0.2, 0.25) is 5.91 Å². The topological polar surface area (TPSA) is 70.6 Å². The minimum absolute atomic E-state index is 0.00248. The van der Waals surface area contributed by atoms with E-state index in [-0.39, 0.29) is 17.6 Å². The second-order valence-corrected chi connectivity index (χ2v) is 10.0. The van der Waals surface area contributed by atoms with Crippen molar-refractivity contribution in [2.45, 2.75) is 38.5 Å². The van der Waals surface area contributed by atoms with Crippen molar-refractivity contribution < 1.29 is 40.7 Å². The zero-order valence-corrected chi connectivity index (χ0v) is 22.2. The van der Waals surface area contributed by atoms with Crippen LogP contribution >= 0.6 is 0 Å². The first-order valence-corrected chi connectivity index (χ1v) is 12.1. The number of hydrogen-bond donors (Lipinski definition) is 0. The fourth-order valence-electron chi connectivity index (χ4n) is 4.51. The van der Waals surface area contributed by atoms with E-state index in [1.807, 2.05) is 0 Å². The molecule has 4 rings (SSSR count). The zero-order valence-electron chi connectivity index (χ0n) is 22.2. The van der Waals surface area contributed by atoms with Gasteiger partial charge in [0.15, 0.2) is 0 Å². The Hall–Kier alpha value is -4.48. The molecular formula is C29H23F6N3O3. The number of alkyl halides is 6. The molecule has 1 aliphatic heterocycles. The monoisotopic (exact) mass is 575 g/mol. The third kappa shape index (κ3) is 5.59. The molecule has 0 aliphatic carbocycles. The number of hydrogen-bond acceptors (Lipinski definition) is 4. The summed E-state index contributed by atoms with van der Waals surface area (Å²) in [4.78, 5) is 44.4. The lowest BCUT2D eigenvalue weighted by Crippen LogP contribution is -2.42. The van der Waals surface area contributed by atoms with E-state index < -0.39 is 52.2 Å². The highest BCUT2D eigenvalue weighted by molar-refractivity contribution is 6.27. The van der Waals surface area contributed by atoms with Gasteiger partial charge in [-0.2, -0.15) is 26.3 Å². The van der Waals surface area contributed by atoms with Gasteiger partial charge in [-0.25, -0.2) is 9.88 Å². The summed E-state index contributed by atoms with van der Waals surface area (Å²) in [5.74, 6) is -2.10. The molecule has 0 radical (unpaired) electrons. The lowest BCUT2D eigenvalue weighted by atomic mass is 9.81. The van der Waals surface area contributed by atoms with Crippen LogP contribution in [0.25, 0.3) is 11.1 Å². The molecule has 0 saturated heterocycles. The Kier molecular flexibility index (Phi) is 7.32. The summed E-state index contributed by atoms with van der Waals surface area (Å²) >= 11 is 0. The van der Waals surface area contributed by atoms with Crippen LogP contribution in [0.3, 0.4) is 0 Å². The van der Waals surface area contributed by atoms with Gasteiger partial charge in [0.1, 0.15) is 5.82 Å². The maximum absolute atomic E-state index is 13.8. The number of rotatable bonds is 5. The van der Waals surface area contributed by atoms with E-state index in [4.69, 9.17) is 0 Å². The summed E-state index contributed by atoms with van der Waals surface area (Å²) < 4.78 is 81.1. The number of nitrogens with zero attached hydrogens (tertiary/aromatic N) is 3. The molecule has 0 fully saturated rings. The van der Waals surface area contributed by atoms with Gasteiger partial charge in [-0.15, -0.1) is 0 Å². The predicted octanol–water partition coefficient (Wildman–Crippen LogP) is 6.46. The quantitative estimate of drug-likeness (QED) is 0.259. The zero-order chi connectivity index (χ0) is 30.5. The van der Waals surface area contributed by atoms with Crippen molar-refractivity contribution >= 4 is 29.2 Å². The van der Waals surface area contributed by atoms with Gasteiger partial charge < -0.3 is 4.90 Å². The average Bonchev–Trinajstić information content (AvgIpc) is 3.24. The van der Waals surface area contributed by atoms with E-state index in [0.717, 1.165) is 27.5 Å². The molecular weight excluding hydrogens is 552 g/mol. The van der Waals surface area contributed by atoms with Crippen LogP contribution in [0.5, 0.6) is 0 Å². The number of aryl methyl sites for hydroxylation is 1. The van der Waals surface area contributed by atoms with Gasteiger partial charge >= 0.3 is 12.4 Å². The Bertz CT molecular complexity index is 1540. The molecule has 2 heterocycles. The molecule has 0 unspecified atom stereocenters. The number of amides is 3. The number of carbonyl (C=O) groups is 3. The maximum atomic E-state index is 13.8. The van der Waals surface area contributed by atoms with Crippen LogP contribution in [0, 0.1) is 6.92 Å². The number of pyridine rings is 1. The Labute approximate surface area is 230 Å². The van der Waals surface area contributed by atoms with Gasteiger partial charge in [0.05, 0.1) is 28.4 Å². The summed E-state index contributed by atoms with van der Waals surface area (Å²) in [7, 11) is 1.31. The van der Waals surface area contributed by atoms with Crippen molar-refractivity contribution in [1.29, 1.82) is 0 Å². The molecule has 1 aliphatic rings.